The average molecular weight is 336 g/mol. The molecular weight excluding hydrogens is 325 g/mol. The highest BCUT2D eigenvalue weighted by Gasteiger charge is 2.16. The molecule has 6 heteroatoms. The summed E-state index contributed by atoms with van der Waals surface area (Å²) < 4.78 is 0. The van der Waals surface area contributed by atoms with E-state index in [2.05, 4.69) is 5.32 Å². The number of hydrogen-bond acceptors (Lipinski definition) is 2. The van der Waals surface area contributed by atoms with Crippen LogP contribution < -0.4 is 10.2 Å². The molecule has 0 bridgehead atoms. The Morgan fingerprint density at radius 3 is 2.43 bits per heavy atom. The number of benzene rings is 2. The van der Waals surface area contributed by atoms with E-state index in [0.717, 1.165) is 11.1 Å². The SMILES string of the molecule is CN(C(=S)NC#N)c1ccc(-c2ccccc2)c(Cl)c1Cl. The molecule has 0 unspecified atom stereocenters. The van der Waals surface area contributed by atoms with Gasteiger partial charge in [-0.1, -0.05) is 59.6 Å². The fraction of sp³-hybridized carbons (Fsp3) is 0.0667. The van der Waals surface area contributed by atoms with Crippen molar-refractivity contribution >= 4 is 46.2 Å². The number of nitriles is 1. The second-order valence-corrected chi connectivity index (χ2v) is 5.37. The number of nitrogens with zero attached hydrogens (tertiary/aromatic N) is 2. The first-order valence-electron chi connectivity index (χ1n) is 6.02. The second-order valence-electron chi connectivity index (χ2n) is 4.23. The zero-order valence-electron chi connectivity index (χ0n) is 11.1. The van der Waals surface area contributed by atoms with Crippen LogP contribution in [0.1, 0.15) is 0 Å². The first-order valence-corrected chi connectivity index (χ1v) is 7.19. The van der Waals surface area contributed by atoms with Crippen molar-refractivity contribution < 1.29 is 0 Å². The fourth-order valence-electron chi connectivity index (χ4n) is 1.88. The summed E-state index contributed by atoms with van der Waals surface area (Å²) in [4.78, 5) is 1.60. The van der Waals surface area contributed by atoms with Gasteiger partial charge in [-0.05, 0) is 23.8 Å². The molecule has 0 aromatic heterocycles. The molecule has 0 radical (unpaired) electrons. The third-order valence-electron chi connectivity index (χ3n) is 2.98. The zero-order valence-corrected chi connectivity index (χ0v) is 13.4. The second kappa shape index (κ2) is 6.77. The third-order valence-corrected chi connectivity index (χ3v) is 4.22. The van der Waals surface area contributed by atoms with Crippen LogP contribution in [0.5, 0.6) is 0 Å². The van der Waals surface area contributed by atoms with Gasteiger partial charge in [0.1, 0.15) is 0 Å². The van der Waals surface area contributed by atoms with Crippen LogP contribution in [0.15, 0.2) is 42.5 Å². The van der Waals surface area contributed by atoms with Gasteiger partial charge in [-0.25, -0.2) is 0 Å². The molecule has 0 aliphatic heterocycles. The monoisotopic (exact) mass is 335 g/mol. The van der Waals surface area contributed by atoms with Gasteiger partial charge in [0, 0.05) is 12.6 Å². The summed E-state index contributed by atoms with van der Waals surface area (Å²) in [6.07, 6.45) is 1.78. The molecule has 2 aromatic carbocycles. The number of anilines is 1. The van der Waals surface area contributed by atoms with Gasteiger partial charge in [0.25, 0.3) is 0 Å². The summed E-state index contributed by atoms with van der Waals surface area (Å²) in [5.41, 5.74) is 2.46. The minimum atomic E-state index is 0.253. The van der Waals surface area contributed by atoms with Gasteiger partial charge in [-0.15, -0.1) is 0 Å². The lowest BCUT2D eigenvalue weighted by Crippen LogP contribution is -2.34. The Morgan fingerprint density at radius 2 is 1.81 bits per heavy atom. The molecule has 21 heavy (non-hydrogen) atoms. The molecule has 3 nitrogen and oxygen atoms in total. The van der Waals surface area contributed by atoms with Crippen molar-refractivity contribution in [1.82, 2.24) is 5.32 Å². The van der Waals surface area contributed by atoms with E-state index in [4.69, 9.17) is 40.7 Å². The Balaban J connectivity index is 2.43. The Labute approximate surface area is 138 Å². The van der Waals surface area contributed by atoms with Gasteiger partial charge in [-0.3, -0.25) is 5.32 Å². The smallest absolute Gasteiger partial charge is 0.186 e. The molecule has 0 amide bonds. The van der Waals surface area contributed by atoms with Gasteiger partial charge in [0.05, 0.1) is 15.7 Å². The van der Waals surface area contributed by atoms with E-state index in [0.29, 0.717) is 15.7 Å². The van der Waals surface area contributed by atoms with E-state index in [-0.39, 0.29) is 5.11 Å². The van der Waals surface area contributed by atoms with Crippen LogP contribution in [-0.4, -0.2) is 12.2 Å². The predicted octanol–water partition coefficient (Wildman–Crippen LogP) is 4.45. The van der Waals surface area contributed by atoms with Crippen molar-refractivity contribution in [3.8, 4) is 17.3 Å². The molecule has 1 N–H and O–H groups in total. The number of nitrogens with one attached hydrogen (secondary N) is 1. The minimum Gasteiger partial charge on any atom is -0.320 e. The van der Waals surface area contributed by atoms with Crippen LogP contribution in [-0.2, 0) is 0 Å². The summed E-state index contributed by atoms with van der Waals surface area (Å²) in [5.74, 6) is 0. The molecule has 0 fully saturated rings. The van der Waals surface area contributed by atoms with Crippen molar-refractivity contribution in [3.63, 3.8) is 0 Å². The van der Waals surface area contributed by atoms with Crippen molar-refractivity contribution in [3.05, 3.63) is 52.5 Å². The van der Waals surface area contributed by atoms with Gasteiger partial charge in [0.15, 0.2) is 11.3 Å². The molecule has 0 aliphatic carbocycles. The average Bonchev–Trinajstić information content (AvgIpc) is 2.50. The van der Waals surface area contributed by atoms with E-state index in [1.165, 1.54) is 0 Å². The Morgan fingerprint density at radius 1 is 1.14 bits per heavy atom. The van der Waals surface area contributed by atoms with Gasteiger partial charge in [0.2, 0.25) is 0 Å². The Bertz CT molecular complexity index is 711. The summed E-state index contributed by atoms with van der Waals surface area (Å²) >= 11 is 17.8. The topological polar surface area (TPSA) is 39.1 Å². The molecule has 2 rings (SSSR count). The maximum Gasteiger partial charge on any atom is 0.186 e. The predicted molar refractivity (Wildman–Crippen MR) is 91.6 cm³/mol. The molecule has 2 aromatic rings. The normalized spacial score (nSPS) is 9.81. The lowest BCUT2D eigenvalue weighted by molar-refractivity contribution is 1.18. The number of halogens is 2. The van der Waals surface area contributed by atoms with Gasteiger partial charge < -0.3 is 4.90 Å². The molecule has 0 heterocycles. The number of rotatable bonds is 2. The maximum atomic E-state index is 8.61. The zero-order chi connectivity index (χ0) is 15.4. The lowest BCUT2D eigenvalue weighted by Gasteiger charge is -2.21. The maximum absolute atomic E-state index is 8.61. The van der Waals surface area contributed by atoms with Gasteiger partial charge >= 0.3 is 0 Å². The number of thiocarbonyl (C=S) groups is 1. The molecule has 0 aliphatic rings. The van der Waals surface area contributed by atoms with Crippen LogP contribution in [0.4, 0.5) is 5.69 Å². The van der Waals surface area contributed by atoms with Gasteiger partial charge in [-0.2, -0.15) is 5.26 Å². The molecule has 0 atom stereocenters. The molecule has 0 saturated heterocycles. The molecular formula is C15H11Cl2N3S. The third kappa shape index (κ3) is 3.27. The van der Waals surface area contributed by atoms with Crippen LogP contribution in [0.3, 0.4) is 0 Å². The highest BCUT2D eigenvalue weighted by Crippen LogP contribution is 2.39. The van der Waals surface area contributed by atoms with Crippen molar-refractivity contribution in [2.45, 2.75) is 0 Å². The standard InChI is InChI=1S/C15H11Cl2N3S/c1-20(15(21)19-9-18)12-8-7-11(13(16)14(12)17)10-5-3-2-4-6-10/h2-8H,1H3,(H,19,21). The largest absolute Gasteiger partial charge is 0.320 e. The van der Waals surface area contributed by atoms with E-state index in [1.54, 1.807) is 18.1 Å². The molecule has 0 spiro atoms. The summed E-state index contributed by atoms with van der Waals surface area (Å²) in [5, 5.41) is 12.1. The van der Waals surface area contributed by atoms with Crippen LogP contribution in [0.2, 0.25) is 10.0 Å². The van der Waals surface area contributed by atoms with Crippen molar-refractivity contribution in [1.29, 1.82) is 5.26 Å². The highest BCUT2D eigenvalue weighted by molar-refractivity contribution is 7.80. The van der Waals surface area contributed by atoms with Crippen molar-refractivity contribution in [2.75, 3.05) is 11.9 Å². The Kier molecular flexibility index (Phi) is 5.03. The first-order chi connectivity index (χ1) is 10.1. The number of hydrogen-bond donors (Lipinski definition) is 1. The van der Waals surface area contributed by atoms with Crippen molar-refractivity contribution in [2.24, 2.45) is 0 Å². The van der Waals surface area contributed by atoms with E-state index in [9.17, 15) is 0 Å². The minimum absolute atomic E-state index is 0.253. The summed E-state index contributed by atoms with van der Waals surface area (Å²) in [6.45, 7) is 0. The van der Waals surface area contributed by atoms with E-state index >= 15 is 0 Å². The van der Waals surface area contributed by atoms with Crippen LogP contribution in [0, 0.1) is 11.5 Å². The highest BCUT2D eigenvalue weighted by atomic mass is 35.5. The fourth-order valence-corrected chi connectivity index (χ4v) is 2.58. The van der Waals surface area contributed by atoms with E-state index in [1.807, 2.05) is 42.5 Å². The van der Waals surface area contributed by atoms with Crippen LogP contribution in [0.25, 0.3) is 11.1 Å². The first kappa shape index (κ1) is 15.6. The van der Waals surface area contributed by atoms with Crippen LogP contribution >= 0.6 is 35.4 Å². The lowest BCUT2D eigenvalue weighted by atomic mass is 10.1. The Hall–Kier alpha value is -1.80. The summed E-state index contributed by atoms with van der Waals surface area (Å²) in [6, 6.07) is 13.4. The van der Waals surface area contributed by atoms with E-state index < -0.39 is 0 Å². The molecule has 0 saturated carbocycles. The molecule has 106 valence electrons. The quantitative estimate of drug-likeness (QED) is 0.500. The summed E-state index contributed by atoms with van der Waals surface area (Å²) in [7, 11) is 1.71.